The molecule has 2 amide bonds. The van der Waals surface area contributed by atoms with Crippen LogP contribution in [-0.4, -0.2) is 18.4 Å². The molecule has 0 aliphatic heterocycles. The van der Waals surface area contributed by atoms with Gasteiger partial charge in [0.25, 0.3) is 11.8 Å². The summed E-state index contributed by atoms with van der Waals surface area (Å²) in [6, 6.07) is 11.9. The molecule has 0 radical (unpaired) electrons. The fourth-order valence-electron chi connectivity index (χ4n) is 2.17. The van der Waals surface area contributed by atoms with E-state index in [1.54, 1.807) is 19.1 Å². The number of hydrogen-bond acceptors (Lipinski definition) is 2. The van der Waals surface area contributed by atoms with E-state index in [2.05, 4.69) is 17.2 Å². The third-order valence-corrected chi connectivity index (χ3v) is 3.51. The lowest BCUT2D eigenvalue weighted by Crippen LogP contribution is -2.35. The number of rotatable bonds is 6. The minimum atomic E-state index is -3.17. The van der Waals surface area contributed by atoms with Crippen molar-refractivity contribution < 1.29 is 18.4 Å². The molecule has 0 saturated heterocycles. The summed E-state index contributed by atoms with van der Waals surface area (Å²) in [5.41, 5.74) is 1.28. The molecular weight excluding hydrogens is 326 g/mol. The van der Waals surface area contributed by atoms with Crippen LogP contribution in [0.2, 0.25) is 0 Å². The van der Waals surface area contributed by atoms with Crippen LogP contribution < -0.4 is 10.6 Å². The second kappa shape index (κ2) is 7.70. The summed E-state index contributed by atoms with van der Waals surface area (Å²) in [6.07, 6.45) is 1.12. The van der Waals surface area contributed by atoms with Crippen LogP contribution in [0.1, 0.15) is 21.5 Å². The first-order valence-corrected chi connectivity index (χ1v) is 7.58. The number of anilines is 1. The maximum Gasteiger partial charge on any atom is 0.290 e. The Bertz CT molecular complexity index is 786. The van der Waals surface area contributed by atoms with Crippen LogP contribution in [0.5, 0.6) is 0 Å². The van der Waals surface area contributed by atoms with Gasteiger partial charge in [0.15, 0.2) is 0 Å². The number of alkyl halides is 2. The molecule has 4 nitrogen and oxygen atoms in total. The largest absolute Gasteiger partial charge is 0.346 e. The minimum absolute atomic E-state index is 0.143. The lowest BCUT2D eigenvalue weighted by molar-refractivity contribution is -0.111. The van der Waals surface area contributed by atoms with E-state index in [9.17, 15) is 18.4 Å². The van der Waals surface area contributed by atoms with Crippen LogP contribution in [-0.2, 0) is 10.7 Å². The Hall–Kier alpha value is -3.02. The van der Waals surface area contributed by atoms with Crippen LogP contribution in [0, 0.1) is 6.92 Å². The summed E-state index contributed by atoms with van der Waals surface area (Å²) in [6.45, 7) is 4.26. The van der Waals surface area contributed by atoms with Crippen molar-refractivity contribution in [3.8, 4) is 0 Å². The molecule has 130 valence electrons. The van der Waals surface area contributed by atoms with E-state index >= 15 is 0 Å². The van der Waals surface area contributed by atoms with E-state index in [1.165, 1.54) is 36.4 Å². The van der Waals surface area contributed by atoms with Gasteiger partial charge >= 0.3 is 0 Å². The number of aryl methyl sites for hydroxylation is 1. The quantitative estimate of drug-likeness (QED) is 0.786. The summed E-state index contributed by atoms with van der Waals surface area (Å²) in [4.78, 5) is 23.2. The fourth-order valence-corrected chi connectivity index (χ4v) is 2.17. The minimum Gasteiger partial charge on any atom is -0.346 e. The highest BCUT2D eigenvalue weighted by molar-refractivity contribution is 5.99. The van der Waals surface area contributed by atoms with Gasteiger partial charge in [-0.2, -0.15) is 8.78 Å². The van der Waals surface area contributed by atoms with Gasteiger partial charge in [0, 0.05) is 16.8 Å². The van der Waals surface area contributed by atoms with Crippen molar-refractivity contribution in [3.63, 3.8) is 0 Å². The highest BCUT2D eigenvalue weighted by Crippen LogP contribution is 2.27. The lowest BCUT2D eigenvalue weighted by Gasteiger charge is -2.18. The zero-order valence-corrected chi connectivity index (χ0v) is 13.7. The molecule has 0 bridgehead atoms. The van der Waals surface area contributed by atoms with Gasteiger partial charge in [0.05, 0.1) is 6.54 Å². The molecule has 25 heavy (non-hydrogen) atoms. The molecule has 0 saturated carbocycles. The van der Waals surface area contributed by atoms with E-state index in [4.69, 9.17) is 0 Å². The molecule has 6 heteroatoms. The number of carbonyl (C=O) groups is 2. The van der Waals surface area contributed by atoms with E-state index in [1.807, 2.05) is 0 Å². The molecule has 0 fully saturated rings. The molecule has 0 aromatic heterocycles. The summed E-state index contributed by atoms with van der Waals surface area (Å²) >= 11 is 0. The molecular formula is C19H18F2N2O2. The summed E-state index contributed by atoms with van der Waals surface area (Å²) in [7, 11) is 0. The van der Waals surface area contributed by atoms with Crippen LogP contribution in [0.15, 0.2) is 61.2 Å². The van der Waals surface area contributed by atoms with Gasteiger partial charge in [-0.05, 0) is 37.3 Å². The third-order valence-electron chi connectivity index (χ3n) is 3.51. The van der Waals surface area contributed by atoms with Gasteiger partial charge in [-0.25, -0.2) is 0 Å². The zero-order valence-electron chi connectivity index (χ0n) is 13.7. The smallest absolute Gasteiger partial charge is 0.290 e. The van der Waals surface area contributed by atoms with Gasteiger partial charge in [0.1, 0.15) is 0 Å². The monoisotopic (exact) mass is 344 g/mol. The molecule has 0 aliphatic carbocycles. The van der Waals surface area contributed by atoms with Crippen molar-refractivity contribution in [2.45, 2.75) is 12.8 Å². The Morgan fingerprint density at radius 3 is 2.44 bits per heavy atom. The number of nitrogens with one attached hydrogen (secondary N) is 2. The molecule has 2 N–H and O–H groups in total. The Morgan fingerprint density at radius 1 is 1.16 bits per heavy atom. The second-order valence-corrected chi connectivity index (χ2v) is 5.53. The average molecular weight is 344 g/mol. The van der Waals surface area contributed by atoms with Crippen molar-refractivity contribution in [2.75, 3.05) is 11.9 Å². The average Bonchev–Trinajstić information content (AvgIpc) is 2.60. The van der Waals surface area contributed by atoms with Gasteiger partial charge in [-0.1, -0.05) is 36.4 Å². The number of benzene rings is 2. The standard InChI is InChI=1S/C19H18F2N2O2/c1-3-17(24)23-16-9-7-14(8-10-16)18(25)22-12-19(20,21)15-6-4-5-13(2)11-15/h3-11H,1,12H2,2H3,(H,22,25)(H,23,24). The highest BCUT2D eigenvalue weighted by atomic mass is 19.3. The molecule has 2 aromatic carbocycles. The maximum atomic E-state index is 14.2. The number of halogens is 2. The van der Waals surface area contributed by atoms with Gasteiger partial charge < -0.3 is 10.6 Å². The van der Waals surface area contributed by atoms with Crippen molar-refractivity contribution in [1.82, 2.24) is 5.32 Å². The van der Waals surface area contributed by atoms with Gasteiger partial charge in [-0.15, -0.1) is 0 Å². The predicted molar refractivity (Wildman–Crippen MR) is 92.7 cm³/mol. The first-order valence-electron chi connectivity index (χ1n) is 7.58. The summed E-state index contributed by atoms with van der Waals surface area (Å²) in [5, 5.41) is 4.77. The van der Waals surface area contributed by atoms with Crippen molar-refractivity contribution in [3.05, 3.63) is 77.9 Å². The van der Waals surface area contributed by atoms with Crippen LogP contribution >= 0.6 is 0 Å². The Balaban J connectivity index is 1.99. The normalized spacial score (nSPS) is 10.8. The molecule has 0 atom stereocenters. The van der Waals surface area contributed by atoms with E-state index in [0.29, 0.717) is 5.69 Å². The van der Waals surface area contributed by atoms with E-state index in [-0.39, 0.29) is 17.0 Å². The zero-order chi connectivity index (χ0) is 18.4. The number of hydrogen-bond donors (Lipinski definition) is 2. The molecule has 2 aromatic rings. The SMILES string of the molecule is C=CC(=O)Nc1ccc(C(=O)NCC(F)(F)c2cccc(C)c2)cc1. The maximum absolute atomic E-state index is 14.2. The van der Waals surface area contributed by atoms with Crippen molar-refractivity contribution >= 4 is 17.5 Å². The third kappa shape index (κ3) is 4.97. The van der Waals surface area contributed by atoms with Crippen LogP contribution in [0.4, 0.5) is 14.5 Å². The first-order chi connectivity index (χ1) is 11.8. The van der Waals surface area contributed by atoms with E-state index < -0.39 is 18.4 Å². The van der Waals surface area contributed by atoms with E-state index in [0.717, 1.165) is 11.6 Å². The second-order valence-electron chi connectivity index (χ2n) is 5.53. The highest BCUT2D eigenvalue weighted by Gasteiger charge is 2.32. The molecule has 0 spiro atoms. The summed E-state index contributed by atoms with van der Waals surface area (Å²) in [5.74, 6) is -4.16. The van der Waals surface area contributed by atoms with Gasteiger partial charge in [-0.3, -0.25) is 9.59 Å². The van der Waals surface area contributed by atoms with Crippen molar-refractivity contribution in [1.29, 1.82) is 0 Å². The Kier molecular flexibility index (Phi) is 5.64. The van der Waals surface area contributed by atoms with Crippen LogP contribution in [0.25, 0.3) is 0 Å². The first kappa shape index (κ1) is 18.3. The lowest BCUT2D eigenvalue weighted by atomic mass is 10.1. The number of amides is 2. The predicted octanol–water partition coefficient (Wildman–Crippen LogP) is 3.64. The topological polar surface area (TPSA) is 58.2 Å². The molecule has 0 unspecified atom stereocenters. The molecule has 2 rings (SSSR count). The fraction of sp³-hybridized carbons (Fsp3) is 0.158. The molecule has 0 heterocycles. The van der Waals surface area contributed by atoms with Crippen LogP contribution in [0.3, 0.4) is 0 Å². The Labute approximate surface area is 144 Å². The summed E-state index contributed by atoms with van der Waals surface area (Å²) < 4.78 is 28.4. The Morgan fingerprint density at radius 2 is 1.84 bits per heavy atom. The number of carbonyl (C=O) groups excluding carboxylic acids is 2. The molecule has 0 aliphatic rings. The van der Waals surface area contributed by atoms with Crippen molar-refractivity contribution in [2.24, 2.45) is 0 Å². The van der Waals surface area contributed by atoms with Gasteiger partial charge in [0.2, 0.25) is 5.91 Å².